The molecule has 9 nitrogen and oxygen atoms in total. The highest BCUT2D eigenvalue weighted by atomic mass is 35.5. The summed E-state index contributed by atoms with van der Waals surface area (Å²) in [5.41, 5.74) is 1.61. The molecule has 44 heavy (non-hydrogen) atoms. The number of benzene rings is 2. The van der Waals surface area contributed by atoms with E-state index in [1.165, 1.54) is 0 Å². The molecule has 11 heteroatoms. The van der Waals surface area contributed by atoms with Gasteiger partial charge in [0.15, 0.2) is 11.4 Å². The van der Waals surface area contributed by atoms with Crippen LogP contribution < -0.4 is 19.7 Å². The molecular formula is C33H32ClFN6O3. The van der Waals surface area contributed by atoms with Gasteiger partial charge < -0.3 is 24.8 Å². The summed E-state index contributed by atoms with van der Waals surface area (Å²) in [6, 6.07) is 9.12. The Kier molecular flexibility index (Phi) is 6.49. The van der Waals surface area contributed by atoms with Crippen molar-refractivity contribution >= 4 is 39.2 Å². The first-order valence-electron chi connectivity index (χ1n) is 15.1. The van der Waals surface area contributed by atoms with E-state index in [9.17, 15) is 9.50 Å². The predicted octanol–water partition coefficient (Wildman–Crippen LogP) is 4.70. The topological polar surface area (TPSA) is 95.9 Å². The molecule has 4 aliphatic heterocycles. The lowest BCUT2D eigenvalue weighted by Crippen LogP contribution is -2.58. The van der Waals surface area contributed by atoms with Gasteiger partial charge in [0.2, 0.25) is 0 Å². The van der Waals surface area contributed by atoms with E-state index >= 15 is 0 Å². The summed E-state index contributed by atoms with van der Waals surface area (Å²) in [6.45, 7) is 5.59. The maximum absolute atomic E-state index is 14.5. The minimum Gasteiger partial charge on any atom is -0.508 e. The lowest BCUT2D eigenvalue weighted by Gasteiger charge is -2.40. The largest absolute Gasteiger partial charge is 0.508 e. The summed E-state index contributed by atoms with van der Waals surface area (Å²) in [7, 11) is 0. The second-order valence-corrected chi connectivity index (χ2v) is 12.8. The summed E-state index contributed by atoms with van der Waals surface area (Å²) < 4.78 is 27.3. The molecule has 6 heterocycles. The van der Waals surface area contributed by atoms with Gasteiger partial charge >= 0.3 is 6.01 Å². The van der Waals surface area contributed by atoms with Crippen LogP contribution in [0.2, 0.25) is 5.02 Å². The molecule has 0 bridgehead atoms. The number of alkyl halides is 1. The lowest BCUT2D eigenvalue weighted by atomic mass is 9.95. The summed E-state index contributed by atoms with van der Waals surface area (Å²) in [5, 5.41) is 16.6. The van der Waals surface area contributed by atoms with Crippen LogP contribution in [0.3, 0.4) is 0 Å². The lowest BCUT2D eigenvalue weighted by molar-refractivity contribution is 0.107. The standard InChI is InChI=1S/C33H32ClFN6O3/c1-3-19-6-4-7-20-10-23(42)11-24(25(19)20)28-27(34)29-26-30(37-28)38-32(44-17-33-8-5-9-40(33)15-21(35)12-33)39-31(26)41-18(2)13-36-14-22(41)16-43-29/h1,4,6-7,10-11,18,21-22,36,42H,5,8-9,12-17H2,2H3. The average Bonchev–Trinajstić information content (AvgIpc) is 3.47. The van der Waals surface area contributed by atoms with E-state index in [1.54, 1.807) is 12.1 Å². The van der Waals surface area contributed by atoms with E-state index < -0.39 is 6.17 Å². The van der Waals surface area contributed by atoms with Gasteiger partial charge in [-0.25, -0.2) is 9.37 Å². The Morgan fingerprint density at radius 2 is 2.14 bits per heavy atom. The number of hydrogen-bond donors (Lipinski definition) is 2. The Hall–Kier alpha value is -3.91. The van der Waals surface area contributed by atoms with E-state index in [4.69, 9.17) is 42.4 Å². The molecule has 0 saturated carbocycles. The zero-order valence-corrected chi connectivity index (χ0v) is 25.1. The third-order valence-electron chi connectivity index (χ3n) is 9.66. The number of phenolic OH excluding ortho intramolecular Hbond substituents is 1. The maximum atomic E-state index is 14.5. The first kappa shape index (κ1) is 27.6. The Morgan fingerprint density at radius 1 is 1.25 bits per heavy atom. The number of piperazine rings is 1. The quantitative estimate of drug-likeness (QED) is 0.317. The Bertz CT molecular complexity index is 1870. The number of phenols is 1. The van der Waals surface area contributed by atoms with Crippen molar-refractivity contribution in [2.24, 2.45) is 0 Å². The van der Waals surface area contributed by atoms with E-state index in [2.05, 4.69) is 28.0 Å². The first-order chi connectivity index (χ1) is 21.3. The number of halogens is 2. The van der Waals surface area contributed by atoms with E-state index in [0.717, 1.165) is 36.7 Å². The van der Waals surface area contributed by atoms with Gasteiger partial charge in [-0.05, 0) is 49.9 Å². The smallest absolute Gasteiger partial charge is 0.320 e. The summed E-state index contributed by atoms with van der Waals surface area (Å²) in [6.07, 6.45) is 7.38. The van der Waals surface area contributed by atoms with Crippen LogP contribution in [0.1, 0.15) is 31.7 Å². The van der Waals surface area contributed by atoms with Crippen molar-refractivity contribution in [1.29, 1.82) is 0 Å². The van der Waals surface area contributed by atoms with Crippen molar-refractivity contribution in [2.75, 3.05) is 44.3 Å². The third kappa shape index (κ3) is 4.25. The van der Waals surface area contributed by atoms with Crippen LogP contribution in [0.4, 0.5) is 10.2 Å². The molecule has 226 valence electrons. The fraction of sp³-hybridized carbons (Fsp3) is 0.424. The molecule has 4 aliphatic rings. The number of nitrogens with one attached hydrogen (secondary N) is 1. The van der Waals surface area contributed by atoms with Crippen LogP contribution >= 0.6 is 11.6 Å². The highest BCUT2D eigenvalue weighted by Crippen LogP contribution is 2.48. The van der Waals surface area contributed by atoms with Gasteiger partial charge in [0.1, 0.15) is 41.4 Å². The van der Waals surface area contributed by atoms with Gasteiger partial charge in [-0.3, -0.25) is 4.90 Å². The van der Waals surface area contributed by atoms with Crippen LogP contribution in [0.5, 0.6) is 17.5 Å². The van der Waals surface area contributed by atoms with Gasteiger partial charge in [0.25, 0.3) is 0 Å². The minimum atomic E-state index is -0.861. The molecule has 3 saturated heterocycles. The highest BCUT2D eigenvalue weighted by Gasteiger charge is 2.49. The van der Waals surface area contributed by atoms with Crippen molar-refractivity contribution in [3.63, 3.8) is 0 Å². The number of hydrogen-bond acceptors (Lipinski definition) is 9. The molecule has 2 aromatic carbocycles. The number of anilines is 1. The molecule has 8 rings (SSSR count). The van der Waals surface area contributed by atoms with Crippen molar-refractivity contribution in [1.82, 2.24) is 25.2 Å². The van der Waals surface area contributed by atoms with Gasteiger partial charge in [0.05, 0.1) is 17.3 Å². The highest BCUT2D eigenvalue weighted by molar-refractivity contribution is 6.36. The molecule has 4 atom stereocenters. The Balaban J connectivity index is 1.33. The number of rotatable bonds is 4. The summed E-state index contributed by atoms with van der Waals surface area (Å²) in [5.74, 6) is 3.89. The molecule has 3 fully saturated rings. The van der Waals surface area contributed by atoms with Gasteiger partial charge in [-0.15, -0.1) is 6.42 Å². The van der Waals surface area contributed by atoms with Crippen LogP contribution in [0.15, 0.2) is 30.3 Å². The average molecular weight is 615 g/mol. The molecular weight excluding hydrogens is 583 g/mol. The van der Waals surface area contributed by atoms with Crippen LogP contribution in [-0.4, -0.2) is 88.1 Å². The number of nitrogens with zero attached hydrogens (tertiary/aromatic N) is 5. The van der Waals surface area contributed by atoms with Gasteiger partial charge in [-0.2, -0.15) is 9.97 Å². The van der Waals surface area contributed by atoms with E-state index in [-0.39, 0.29) is 34.4 Å². The number of terminal acetylenes is 1. The predicted molar refractivity (Wildman–Crippen MR) is 168 cm³/mol. The molecule has 4 aromatic rings. The fourth-order valence-corrected chi connectivity index (χ4v) is 8.02. The SMILES string of the molecule is C#Cc1cccc2cc(O)cc(-c3nc4nc(OCC56CCCN5CC(F)C6)nc5c4c(c3Cl)OCC3CNCC(C)N53)c12. The summed E-state index contributed by atoms with van der Waals surface area (Å²) in [4.78, 5) is 19.2. The second-order valence-electron chi connectivity index (χ2n) is 12.4. The van der Waals surface area contributed by atoms with Crippen molar-refractivity contribution in [3.05, 3.63) is 40.9 Å². The van der Waals surface area contributed by atoms with Crippen molar-refractivity contribution in [2.45, 2.75) is 50.0 Å². The summed E-state index contributed by atoms with van der Waals surface area (Å²) >= 11 is 7.16. The van der Waals surface area contributed by atoms with E-state index in [0.29, 0.717) is 72.1 Å². The molecule has 0 spiro atoms. The molecule has 2 N–H and O–H groups in total. The Labute approximate surface area is 259 Å². The molecule has 0 aliphatic carbocycles. The number of ether oxygens (including phenoxy) is 2. The Morgan fingerprint density at radius 3 is 3.00 bits per heavy atom. The zero-order valence-electron chi connectivity index (χ0n) is 24.3. The van der Waals surface area contributed by atoms with Crippen molar-refractivity contribution in [3.8, 4) is 41.1 Å². The molecule has 2 aromatic heterocycles. The number of pyridine rings is 1. The number of aromatic hydroxyl groups is 1. The fourth-order valence-electron chi connectivity index (χ4n) is 7.72. The molecule has 0 amide bonds. The normalized spacial score (nSPS) is 26.2. The molecule has 0 radical (unpaired) electrons. The van der Waals surface area contributed by atoms with E-state index in [1.807, 2.05) is 18.2 Å². The second kappa shape index (κ2) is 10.3. The van der Waals surface area contributed by atoms with Crippen LogP contribution in [-0.2, 0) is 0 Å². The monoisotopic (exact) mass is 614 g/mol. The zero-order chi connectivity index (χ0) is 30.2. The van der Waals surface area contributed by atoms with Crippen molar-refractivity contribution < 1.29 is 19.0 Å². The van der Waals surface area contributed by atoms with Crippen LogP contribution in [0.25, 0.3) is 33.1 Å². The number of fused-ring (bicyclic) bond motifs is 4. The molecule has 4 unspecified atom stereocenters. The first-order valence-corrected chi connectivity index (χ1v) is 15.5. The van der Waals surface area contributed by atoms with Crippen LogP contribution in [0, 0.1) is 12.3 Å². The number of aromatic nitrogens is 3. The minimum absolute atomic E-state index is 0.0164. The van der Waals surface area contributed by atoms with Gasteiger partial charge in [-0.1, -0.05) is 29.7 Å². The van der Waals surface area contributed by atoms with Gasteiger partial charge in [0, 0.05) is 48.6 Å². The maximum Gasteiger partial charge on any atom is 0.320 e. The third-order valence-corrected chi connectivity index (χ3v) is 10.0.